The third-order valence-corrected chi connectivity index (χ3v) is 3.59. The van der Waals surface area contributed by atoms with E-state index in [0.29, 0.717) is 24.4 Å². The van der Waals surface area contributed by atoms with E-state index in [1.165, 1.54) is 12.8 Å². The Balaban J connectivity index is 1.82. The number of carbonyl (C=O) groups is 1. The predicted octanol–water partition coefficient (Wildman–Crippen LogP) is 2.53. The first-order valence-electron chi connectivity index (χ1n) is 6.45. The lowest BCUT2D eigenvalue weighted by Crippen LogP contribution is -2.30. The Bertz CT molecular complexity index is 441. The Kier molecular flexibility index (Phi) is 4.82. The van der Waals surface area contributed by atoms with E-state index < -0.39 is 0 Å². The number of nitrogen functional groups attached to an aromatic ring is 1. The van der Waals surface area contributed by atoms with E-state index in [1.807, 2.05) is 0 Å². The smallest absolute Gasteiger partial charge is 0.253 e. The zero-order valence-corrected chi connectivity index (χ0v) is 12.6. The first kappa shape index (κ1) is 14.3. The lowest BCUT2D eigenvalue weighted by atomic mass is 10.2. The number of ether oxygens (including phenoxy) is 1. The fourth-order valence-electron chi connectivity index (χ4n) is 1.79. The molecule has 0 heterocycles. The van der Waals surface area contributed by atoms with Crippen LogP contribution >= 0.6 is 15.9 Å². The highest BCUT2D eigenvalue weighted by atomic mass is 79.9. The van der Waals surface area contributed by atoms with E-state index in [1.54, 1.807) is 30.1 Å². The van der Waals surface area contributed by atoms with Crippen molar-refractivity contribution in [3.05, 3.63) is 28.2 Å². The number of anilines is 1. The molecule has 2 N–H and O–H groups in total. The van der Waals surface area contributed by atoms with E-state index in [-0.39, 0.29) is 5.91 Å². The Hall–Kier alpha value is -1.07. The van der Waals surface area contributed by atoms with Crippen molar-refractivity contribution in [2.24, 2.45) is 5.92 Å². The van der Waals surface area contributed by atoms with E-state index in [0.717, 1.165) is 17.0 Å². The van der Waals surface area contributed by atoms with Crippen LogP contribution in [0.15, 0.2) is 22.7 Å². The summed E-state index contributed by atoms with van der Waals surface area (Å²) in [6, 6.07) is 5.24. The van der Waals surface area contributed by atoms with Gasteiger partial charge in [-0.2, -0.15) is 0 Å². The lowest BCUT2D eigenvalue weighted by Gasteiger charge is -2.17. The van der Waals surface area contributed by atoms with E-state index in [4.69, 9.17) is 10.5 Å². The molecule has 5 heteroatoms. The molecule has 2 rings (SSSR count). The highest BCUT2D eigenvalue weighted by Crippen LogP contribution is 2.28. The molecule has 1 saturated carbocycles. The van der Waals surface area contributed by atoms with Gasteiger partial charge in [-0.3, -0.25) is 4.79 Å². The molecular formula is C14H19BrN2O2. The standard InChI is InChI=1S/C14H19BrN2O2/c1-17(4-5-19-9-10-2-3-10)14(18)11-6-12(15)8-13(16)7-11/h6-8,10H,2-5,9,16H2,1H3. The van der Waals surface area contributed by atoms with Gasteiger partial charge in [0.1, 0.15) is 0 Å². The molecule has 0 unspecified atom stereocenters. The third-order valence-electron chi connectivity index (χ3n) is 3.14. The summed E-state index contributed by atoms with van der Waals surface area (Å²) in [5.41, 5.74) is 6.91. The summed E-state index contributed by atoms with van der Waals surface area (Å²) < 4.78 is 6.35. The van der Waals surface area contributed by atoms with Crippen molar-refractivity contribution in [3.63, 3.8) is 0 Å². The molecule has 0 spiro atoms. The second kappa shape index (κ2) is 6.39. The minimum atomic E-state index is -0.0389. The Morgan fingerprint density at radius 1 is 1.47 bits per heavy atom. The summed E-state index contributed by atoms with van der Waals surface area (Å²) in [6.07, 6.45) is 2.57. The maximum atomic E-state index is 12.2. The SMILES string of the molecule is CN(CCOCC1CC1)C(=O)c1cc(N)cc(Br)c1. The molecule has 0 aromatic heterocycles. The molecule has 0 atom stereocenters. The monoisotopic (exact) mass is 326 g/mol. The zero-order valence-electron chi connectivity index (χ0n) is 11.1. The molecule has 19 heavy (non-hydrogen) atoms. The van der Waals surface area contributed by atoms with Gasteiger partial charge in [-0.15, -0.1) is 0 Å². The van der Waals surface area contributed by atoms with Crippen molar-refractivity contribution < 1.29 is 9.53 Å². The fourth-order valence-corrected chi connectivity index (χ4v) is 2.30. The number of hydrogen-bond acceptors (Lipinski definition) is 3. The van der Waals surface area contributed by atoms with Gasteiger partial charge in [0.05, 0.1) is 6.61 Å². The maximum absolute atomic E-state index is 12.2. The topological polar surface area (TPSA) is 55.6 Å². The van der Waals surface area contributed by atoms with Crippen molar-refractivity contribution in [1.82, 2.24) is 4.90 Å². The first-order chi connectivity index (χ1) is 9.06. The van der Waals surface area contributed by atoms with Gasteiger partial charge in [0.2, 0.25) is 0 Å². The quantitative estimate of drug-likeness (QED) is 0.645. The van der Waals surface area contributed by atoms with Crippen molar-refractivity contribution in [1.29, 1.82) is 0 Å². The molecule has 104 valence electrons. The van der Waals surface area contributed by atoms with E-state index >= 15 is 0 Å². The summed E-state index contributed by atoms with van der Waals surface area (Å²) >= 11 is 3.34. The van der Waals surface area contributed by atoms with E-state index in [9.17, 15) is 4.79 Å². The van der Waals surface area contributed by atoms with Crippen LogP contribution in [0.2, 0.25) is 0 Å². The minimum absolute atomic E-state index is 0.0389. The minimum Gasteiger partial charge on any atom is -0.399 e. The van der Waals surface area contributed by atoms with Crippen LogP contribution in [0.4, 0.5) is 5.69 Å². The van der Waals surface area contributed by atoms with Crippen molar-refractivity contribution >= 4 is 27.5 Å². The van der Waals surface area contributed by atoms with Gasteiger partial charge in [0.15, 0.2) is 0 Å². The van der Waals surface area contributed by atoms with Crippen LogP contribution in [0.25, 0.3) is 0 Å². The molecule has 0 bridgehead atoms. The Morgan fingerprint density at radius 2 is 2.21 bits per heavy atom. The van der Waals surface area contributed by atoms with Gasteiger partial charge in [-0.05, 0) is 37.0 Å². The molecular weight excluding hydrogens is 308 g/mol. The number of benzene rings is 1. The van der Waals surface area contributed by atoms with Crippen LogP contribution in [0.3, 0.4) is 0 Å². The maximum Gasteiger partial charge on any atom is 0.253 e. The largest absolute Gasteiger partial charge is 0.399 e. The van der Waals surface area contributed by atoms with Gasteiger partial charge in [-0.25, -0.2) is 0 Å². The van der Waals surface area contributed by atoms with Gasteiger partial charge in [0, 0.05) is 35.9 Å². The van der Waals surface area contributed by atoms with Crippen LogP contribution in [-0.2, 0) is 4.74 Å². The number of hydrogen-bond donors (Lipinski definition) is 1. The summed E-state index contributed by atoms with van der Waals surface area (Å²) in [6.45, 7) is 2.01. The average Bonchev–Trinajstić information content (AvgIpc) is 3.16. The highest BCUT2D eigenvalue weighted by Gasteiger charge is 2.21. The normalized spacial score (nSPS) is 14.4. The van der Waals surface area contributed by atoms with Crippen molar-refractivity contribution in [3.8, 4) is 0 Å². The Labute approximate surface area is 122 Å². The molecule has 4 nitrogen and oxygen atoms in total. The number of nitrogens with zero attached hydrogens (tertiary/aromatic N) is 1. The molecule has 1 amide bonds. The van der Waals surface area contributed by atoms with Crippen LogP contribution in [-0.4, -0.2) is 37.6 Å². The van der Waals surface area contributed by atoms with E-state index in [2.05, 4.69) is 15.9 Å². The van der Waals surface area contributed by atoms with Crippen molar-refractivity contribution in [2.75, 3.05) is 32.5 Å². The zero-order chi connectivity index (χ0) is 13.8. The molecule has 0 radical (unpaired) electrons. The number of carbonyl (C=O) groups excluding carboxylic acids is 1. The number of halogens is 1. The van der Waals surface area contributed by atoms with Crippen LogP contribution < -0.4 is 5.73 Å². The Morgan fingerprint density at radius 3 is 2.84 bits per heavy atom. The number of nitrogens with two attached hydrogens (primary N) is 1. The summed E-state index contributed by atoms with van der Waals surface area (Å²) in [4.78, 5) is 13.8. The summed E-state index contributed by atoms with van der Waals surface area (Å²) in [5, 5.41) is 0. The van der Waals surface area contributed by atoms with Gasteiger partial charge in [-0.1, -0.05) is 15.9 Å². The molecule has 1 aromatic carbocycles. The summed E-state index contributed by atoms with van der Waals surface area (Å²) in [5.74, 6) is 0.717. The van der Waals surface area contributed by atoms with Gasteiger partial charge >= 0.3 is 0 Å². The van der Waals surface area contributed by atoms with Crippen molar-refractivity contribution in [2.45, 2.75) is 12.8 Å². The number of amides is 1. The average molecular weight is 327 g/mol. The highest BCUT2D eigenvalue weighted by molar-refractivity contribution is 9.10. The number of likely N-dealkylation sites (N-methyl/N-ethyl adjacent to an activating group) is 1. The molecule has 1 aliphatic carbocycles. The summed E-state index contributed by atoms with van der Waals surface area (Å²) in [7, 11) is 1.78. The van der Waals surface area contributed by atoms with Crippen LogP contribution in [0, 0.1) is 5.92 Å². The molecule has 0 saturated heterocycles. The third kappa shape index (κ3) is 4.51. The predicted molar refractivity (Wildman–Crippen MR) is 79.1 cm³/mol. The molecule has 0 aliphatic heterocycles. The van der Waals surface area contributed by atoms with Crippen LogP contribution in [0.5, 0.6) is 0 Å². The first-order valence-corrected chi connectivity index (χ1v) is 7.25. The molecule has 1 aliphatic rings. The lowest BCUT2D eigenvalue weighted by molar-refractivity contribution is 0.0681. The second-order valence-electron chi connectivity index (χ2n) is 5.02. The van der Waals surface area contributed by atoms with Crippen LogP contribution in [0.1, 0.15) is 23.2 Å². The second-order valence-corrected chi connectivity index (χ2v) is 5.93. The van der Waals surface area contributed by atoms with Gasteiger partial charge < -0.3 is 15.4 Å². The van der Waals surface area contributed by atoms with Gasteiger partial charge in [0.25, 0.3) is 5.91 Å². The fraction of sp³-hybridized carbons (Fsp3) is 0.500. The number of rotatable bonds is 6. The molecule has 1 aromatic rings. The molecule has 1 fully saturated rings.